The van der Waals surface area contributed by atoms with Gasteiger partial charge in [0.05, 0.1) is 23.2 Å². The van der Waals surface area contributed by atoms with E-state index in [9.17, 15) is 9.59 Å². The van der Waals surface area contributed by atoms with E-state index in [0.717, 1.165) is 5.56 Å². The molecule has 0 aliphatic carbocycles. The number of carbonyl (C=O) groups excluding carboxylic acids is 2. The van der Waals surface area contributed by atoms with Crippen LogP contribution >= 0.6 is 27.5 Å². The van der Waals surface area contributed by atoms with Crippen molar-refractivity contribution in [2.24, 2.45) is 0 Å². The topological polar surface area (TPSA) is 77.1 Å². The fourth-order valence-corrected chi connectivity index (χ4v) is 4.34. The zero-order chi connectivity index (χ0) is 22.0. The number of amides is 2. The van der Waals surface area contributed by atoms with Gasteiger partial charge in [0, 0.05) is 31.0 Å². The summed E-state index contributed by atoms with van der Waals surface area (Å²) in [6, 6.07) is 10.7. The highest BCUT2D eigenvalue weighted by atomic mass is 79.9. The van der Waals surface area contributed by atoms with Crippen LogP contribution in [0.4, 0.5) is 4.79 Å². The second-order valence-electron chi connectivity index (χ2n) is 7.48. The van der Waals surface area contributed by atoms with Gasteiger partial charge in [0.15, 0.2) is 0 Å². The predicted octanol–water partition coefficient (Wildman–Crippen LogP) is 4.40. The lowest BCUT2D eigenvalue weighted by Gasteiger charge is -2.32. The molecule has 0 bridgehead atoms. The first-order chi connectivity index (χ1) is 14.9. The van der Waals surface area contributed by atoms with E-state index in [1.54, 1.807) is 29.2 Å². The van der Waals surface area contributed by atoms with Gasteiger partial charge in [0.2, 0.25) is 0 Å². The quantitative estimate of drug-likeness (QED) is 0.624. The Morgan fingerprint density at radius 3 is 2.81 bits per heavy atom. The Balaban J connectivity index is 1.46. The van der Waals surface area contributed by atoms with Crippen molar-refractivity contribution < 1.29 is 23.8 Å². The van der Waals surface area contributed by atoms with E-state index in [-0.39, 0.29) is 24.1 Å². The van der Waals surface area contributed by atoms with E-state index < -0.39 is 0 Å². The highest BCUT2D eigenvalue weighted by Gasteiger charge is 2.39. The molecular weight excluding hydrogens is 488 g/mol. The van der Waals surface area contributed by atoms with Gasteiger partial charge in [-0.05, 0) is 45.8 Å². The molecule has 2 aromatic rings. The molecule has 1 N–H and O–H groups in total. The molecule has 2 fully saturated rings. The number of fused-ring (bicyclic) bond motifs is 1. The minimum Gasteiger partial charge on any atom is -0.496 e. The average molecular weight is 510 g/mol. The molecule has 2 aliphatic heterocycles. The Kier molecular flexibility index (Phi) is 6.57. The van der Waals surface area contributed by atoms with Crippen molar-refractivity contribution in [3.63, 3.8) is 0 Å². The number of carbonyl (C=O) groups is 2. The highest BCUT2D eigenvalue weighted by molar-refractivity contribution is 9.10. The molecule has 0 unspecified atom stereocenters. The number of rotatable bonds is 6. The molecule has 4 rings (SSSR count). The van der Waals surface area contributed by atoms with Crippen molar-refractivity contribution >= 4 is 39.5 Å². The number of hydrogen-bond donors (Lipinski definition) is 1. The molecule has 164 valence electrons. The fraction of sp³-hybridized carbons (Fsp3) is 0.364. The van der Waals surface area contributed by atoms with E-state index in [4.69, 9.17) is 25.8 Å². The first-order valence-electron chi connectivity index (χ1n) is 9.95. The molecular formula is C22H22BrClN2O5. The number of nitrogens with one attached hydrogen (secondary N) is 1. The van der Waals surface area contributed by atoms with Crippen LogP contribution in [0, 0.1) is 0 Å². The van der Waals surface area contributed by atoms with Gasteiger partial charge >= 0.3 is 6.09 Å². The molecule has 2 amide bonds. The molecule has 2 atom stereocenters. The van der Waals surface area contributed by atoms with Gasteiger partial charge in [-0.2, -0.15) is 0 Å². The molecule has 2 aliphatic rings. The monoisotopic (exact) mass is 508 g/mol. The Morgan fingerprint density at radius 1 is 1.29 bits per heavy atom. The van der Waals surface area contributed by atoms with Crippen LogP contribution in [0.25, 0.3) is 0 Å². The van der Waals surface area contributed by atoms with E-state index >= 15 is 0 Å². The van der Waals surface area contributed by atoms with Crippen LogP contribution in [0.3, 0.4) is 0 Å². The summed E-state index contributed by atoms with van der Waals surface area (Å²) in [5.41, 5.74) is 1.32. The van der Waals surface area contributed by atoms with Crippen LogP contribution in [-0.4, -0.2) is 49.3 Å². The normalized spacial score (nSPS) is 20.1. The first kappa shape index (κ1) is 21.8. The summed E-state index contributed by atoms with van der Waals surface area (Å²) in [7, 11) is 1.52. The summed E-state index contributed by atoms with van der Waals surface area (Å²) >= 11 is 9.42. The number of ether oxygens (including phenoxy) is 3. The number of piperidine rings is 1. The van der Waals surface area contributed by atoms with Crippen molar-refractivity contribution in [2.75, 3.05) is 20.3 Å². The minimum absolute atomic E-state index is 0.0328. The first-order valence-corrected chi connectivity index (χ1v) is 11.1. The lowest BCUT2D eigenvalue weighted by molar-refractivity contribution is 0.0909. The lowest BCUT2D eigenvalue weighted by Crippen LogP contribution is -2.44. The highest BCUT2D eigenvalue weighted by Crippen LogP contribution is 2.35. The third-order valence-electron chi connectivity index (χ3n) is 5.46. The smallest absolute Gasteiger partial charge is 0.410 e. The Morgan fingerprint density at radius 2 is 2.06 bits per heavy atom. The number of benzene rings is 2. The lowest BCUT2D eigenvalue weighted by atomic mass is 10.0. The van der Waals surface area contributed by atoms with Gasteiger partial charge in [0.25, 0.3) is 5.91 Å². The summed E-state index contributed by atoms with van der Waals surface area (Å²) in [6.45, 7) is 1.34. The summed E-state index contributed by atoms with van der Waals surface area (Å²) < 4.78 is 17.4. The number of methoxy groups -OCH3 is 1. The average Bonchev–Trinajstić information content (AvgIpc) is 3.14. The third-order valence-corrected chi connectivity index (χ3v) is 6.33. The molecule has 2 aromatic carbocycles. The molecule has 31 heavy (non-hydrogen) atoms. The minimum atomic E-state index is -0.270. The van der Waals surface area contributed by atoms with Crippen LogP contribution in [0.15, 0.2) is 40.9 Å². The molecule has 9 heteroatoms. The SMILES string of the molecule is COc1cc(Br)c(O[C@H]2CCN3C(=O)OC[C@@H]3C2)cc1C(=O)NCc1ccc(Cl)cc1. The van der Waals surface area contributed by atoms with Gasteiger partial charge in [0.1, 0.15) is 24.2 Å². The zero-order valence-corrected chi connectivity index (χ0v) is 19.2. The summed E-state index contributed by atoms with van der Waals surface area (Å²) in [5.74, 6) is 0.729. The third kappa shape index (κ3) is 4.91. The predicted molar refractivity (Wildman–Crippen MR) is 119 cm³/mol. The number of hydrogen-bond acceptors (Lipinski definition) is 5. The molecule has 0 aromatic heterocycles. The Labute approximate surface area is 193 Å². The van der Waals surface area contributed by atoms with E-state index in [2.05, 4.69) is 21.2 Å². The zero-order valence-electron chi connectivity index (χ0n) is 16.9. The summed E-state index contributed by atoms with van der Waals surface area (Å²) in [4.78, 5) is 26.3. The van der Waals surface area contributed by atoms with Crippen molar-refractivity contribution in [1.82, 2.24) is 10.2 Å². The van der Waals surface area contributed by atoms with Gasteiger partial charge < -0.3 is 24.4 Å². The maximum atomic E-state index is 12.9. The van der Waals surface area contributed by atoms with Gasteiger partial charge in [-0.15, -0.1) is 0 Å². The summed E-state index contributed by atoms with van der Waals surface area (Å²) in [6.07, 6.45) is 1.05. The second kappa shape index (κ2) is 9.36. The van der Waals surface area contributed by atoms with Crippen molar-refractivity contribution in [1.29, 1.82) is 0 Å². The standard InChI is InChI=1S/C22H22BrClN2O5/c1-29-19-10-18(23)20(31-16-6-7-26-15(8-16)12-30-22(26)28)9-17(19)21(27)25-11-13-2-4-14(24)5-3-13/h2-5,9-10,15-16H,6-8,11-12H2,1H3,(H,25,27)/t15-,16-/m0/s1. The van der Waals surface area contributed by atoms with Crippen LogP contribution in [0.1, 0.15) is 28.8 Å². The second-order valence-corrected chi connectivity index (χ2v) is 8.77. The summed E-state index contributed by atoms with van der Waals surface area (Å²) in [5, 5.41) is 3.55. The van der Waals surface area contributed by atoms with Crippen LogP contribution in [0.2, 0.25) is 5.02 Å². The van der Waals surface area contributed by atoms with Gasteiger partial charge in [-0.25, -0.2) is 4.79 Å². The maximum Gasteiger partial charge on any atom is 0.410 e. The number of nitrogens with zero attached hydrogens (tertiary/aromatic N) is 1. The molecule has 2 heterocycles. The Hall–Kier alpha value is -2.45. The van der Waals surface area contributed by atoms with E-state index in [0.29, 0.717) is 59.1 Å². The molecule has 2 saturated heterocycles. The van der Waals surface area contributed by atoms with Gasteiger partial charge in [-0.1, -0.05) is 23.7 Å². The van der Waals surface area contributed by atoms with Crippen molar-refractivity contribution in [3.05, 3.63) is 57.0 Å². The number of cyclic esters (lactones) is 1. The molecule has 0 radical (unpaired) electrons. The Bertz CT molecular complexity index is 985. The van der Waals surface area contributed by atoms with Crippen LogP contribution in [-0.2, 0) is 11.3 Å². The molecule has 0 saturated carbocycles. The molecule has 7 nitrogen and oxygen atoms in total. The molecule has 0 spiro atoms. The van der Waals surface area contributed by atoms with Crippen molar-refractivity contribution in [3.8, 4) is 11.5 Å². The number of halogens is 2. The fourth-order valence-electron chi connectivity index (χ4n) is 3.80. The van der Waals surface area contributed by atoms with E-state index in [1.807, 2.05) is 12.1 Å². The van der Waals surface area contributed by atoms with E-state index in [1.165, 1.54) is 7.11 Å². The van der Waals surface area contributed by atoms with Crippen molar-refractivity contribution in [2.45, 2.75) is 31.5 Å². The van der Waals surface area contributed by atoms with Gasteiger partial charge in [-0.3, -0.25) is 4.79 Å². The van der Waals surface area contributed by atoms with Crippen LogP contribution in [0.5, 0.6) is 11.5 Å². The maximum absolute atomic E-state index is 12.9. The largest absolute Gasteiger partial charge is 0.496 e. The van der Waals surface area contributed by atoms with Crippen LogP contribution < -0.4 is 14.8 Å².